The van der Waals surface area contributed by atoms with Crippen molar-refractivity contribution in [1.29, 1.82) is 5.26 Å². The highest BCUT2D eigenvalue weighted by Gasteiger charge is 2.38. The van der Waals surface area contributed by atoms with Gasteiger partial charge in [-0.1, -0.05) is 19.1 Å². The summed E-state index contributed by atoms with van der Waals surface area (Å²) in [5.74, 6) is 0.485. The van der Waals surface area contributed by atoms with Gasteiger partial charge in [0.1, 0.15) is 0 Å². The van der Waals surface area contributed by atoms with Crippen molar-refractivity contribution in [2.75, 3.05) is 0 Å². The van der Waals surface area contributed by atoms with Gasteiger partial charge in [-0.25, -0.2) is 0 Å². The Morgan fingerprint density at radius 3 is 2.81 bits per heavy atom. The molecule has 0 aromatic rings. The molecule has 0 aromatic heterocycles. The Kier molecular flexibility index (Phi) is 4.56. The topological polar surface area (TPSA) is 44.0 Å². The quantitative estimate of drug-likeness (QED) is 0.584. The molecule has 0 radical (unpaired) electrons. The third kappa shape index (κ3) is 3.09. The molecule has 1 unspecified atom stereocenters. The van der Waals surface area contributed by atoms with Crippen molar-refractivity contribution in [2.24, 2.45) is 11.3 Å². The second-order valence-corrected chi connectivity index (χ2v) is 5.50. The van der Waals surface area contributed by atoms with Gasteiger partial charge in [0.25, 0.3) is 0 Å². The fourth-order valence-corrected chi connectivity index (χ4v) is 2.65. The fraction of sp³-hybridized carbons (Fsp3) is 0.786. The van der Waals surface area contributed by atoms with Crippen LogP contribution in [0.5, 0.6) is 0 Å². The maximum atomic E-state index is 10.2. The maximum Gasteiger partial charge on any atom is 0.0621 e. The standard InChI is InChI=1S/C14H23NO/c1-11(2)12-6-8-14(3,13(16)10-12)7-4-5-9-15/h12-13,16H,1,4-8,10H2,2-3H3/t12-,13?,14+/m1/s1. The van der Waals surface area contributed by atoms with Crippen molar-refractivity contribution >= 4 is 0 Å². The molecular formula is C14H23NO. The molecule has 1 rings (SSSR count). The first kappa shape index (κ1) is 13.3. The molecule has 2 nitrogen and oxygen atoms in total. The van der Waals surface area contributed by atoms with Gasteiger partial charge >= 0.3 is 0 Å². The molecule has 0 bridgehead atoms. The third-order valence-electron chi connectivity index (χ3n) is 4.11. The number of aliphatic hydroxyl groups is 1. The van der Waals surface area contributed by atoms with Crippen molar-refractivity contribution in [3.63, 3.8) is 0 Å². The minimum atomic E-state index is -0.235. The van der Waals surface area contributed by atoms with Gasteiger partial charge < -0.3 is 5.11 Å². The van der Waals surface area contributed by atoms with Crippen LogP contribution < -0.4 is 0 Å². The highest BCUT2D eigenvalue weighted by molar-refractivity contribution is 5.02. The average Bonchev–Trinajstić information content (AvgIpc) is 2.22. The van der Waals surface area contributed by atoms with Crippen LogP contribution in [0.1, 0.15) is 52.4 Å². The largest absolute Gasteiger partial charge is 0.393 e. The summed E-state index contributed by atoms with van der Waals surface area (Å²) in [6.07, 6.45) is 5.27. The lowest BCUT2D eigenvalue weighted by molar-refractivity contribution is -0.0199. The van der Waals surface area contributed by atoms with E-state index in [0.29, 0.717) is 12.3 Å². The summed E-state index contributed by atoms with van der Waals surface area (Å²) in [4.78, 5) is 0. The van der Waals surface area contributed by atoms with E-state index in [2.05, 4.69) is 26.5 Å². The zero-order valence-electron chi connectivity index (χ0n) is 10.5. The number of unbranched alkanes of at least 4 members (excludes halogenated alkanes) is 1. The van der Waals surface area contributed by atoms with Crippen LogP contribution in [0.15, 0.2) is 12.2 Å². The predicted octanol–water partition coefficient (Wildman–Crippen LogP) is 3.42. The summed E-state index contributed by atoms with van der Waals surface area (Å²) in [5, 5.41) is 18.8. The smallest absolute Gasteiger partial charge is 0.0621 e. The number of hydrogen-bond donors (Lipinski definition) is 1. The summed E-state index contributed by atoms with van der Waals surface area (Å²) in [5.41, 5.74) is 1.21. The van der Waals surface area contributed by atoms with Crippen molar-refractivity contribution in [2.45, 2.75) is 58.5 Å². The van der Waals surface area contributed by atoms with E-state index in [9.17, 15) is 5.11 Å². The Bertz CT molecular complexity index is 292. The van der Waals surface area contributed by atoms with E-state index in [1.807, 2.05) is 0 Å². The Morgan fingerprint density at radius 2 is 2.31 bits per heavy atom. The lowest BCUT2D eigenvalue weighted by atomic mass is 9.66. The first-order valence-corrected chi connectivity index (χ1v) is 6.20. The number of nitriles is 1. The number of rotatable bonds is 4. The molecule has 1 saturated carbocycles. The Balaban J connectivity index is 2.51. The summed E-state index contributed by atoms with van der Waals surface area (Å²) in [7, 11) is 0. The number of allylic oxidation sites excluding steroid dienone is 1. The maximum absolute atomic E-state index is 10.2. The fourth-order valence-electron chi connectivity index (χ4n) is 2.65. The van der Waals surface area contributed by atoms with Crippen molar-refractivity contribution in [3.8, 4) is 6.07 Å². The Hall–Kier alpha value is -0.810. The number of aliphatic hydroxyl groups excluding tert-OH is 1. The highest BCUT2D eigenvalue weighted by Crippen LogP contribution is 2.44. The molecule has 1 aliphatic rings. The molecule has 0 aliphatic heterocycles. The third-order valence-corrected chi connectivity index (χ3v) is 4.11. The second kappa shape index (κ2) is 5.50. The van der Waals surface area contributed by atoms with Crippen LogP contribution in [-0.2, 0) is 0 Å². The SMILES string of the molecule is C=C(C)[C@@H]1CC[C@](C)(CCCC#N)C(O)C1. The van der Waals surface area contributed by atoms with Gasteiger partial charge in [-0.05, 0) is 50.4 Å². The molecule has 2 heteroatoms. The highest BCUT2D eigenvalue weighted by atomic mass is 16.3. The zero-order chi connectivity index (χ0) is 12.2. The summed E-state index contributed by atoms with van der Waals surface area (Å²) < 4.78 is 0. The summed E-state index contributed by atoms with van der Waals surface area (Å²) in [6.45, 7) is 8.19. The minimum Gasteiger partial charge on any atom is -0.393 e. The second-order valence-electron chi connectivity index (χ2n) is 5.50. The molecule has 1 fully saturated rings. The van der Waals surface area contributed by atoms with Gasteiger partial charge in [0.15, 0.2) is 0 Å². The average molecular weight is 221 g/mol. The van der Waals surface area contributed by atoms with E-state index in [4.69, 9.17) is 5.26 Å². The van der Waals surface area contributed by atoms with E-state index < -0.39 is 0 Å². The van der Waals surface area contributed by atoms with Crippen LogP contribution in [0.2, 0.25) is 0 Å². The monoisotopic (exact) mass is 221 g/mol. The lowest BCUT2D eigenvalue weighted by Crippen LogP contribution is -2.38. The predicted molar refractivity (Wildman–Crippen MR) is 65.7 cm³/mol. The first-order chi connectivity index (χ1) is 7.49. The normalized spacial score (nSPS) is 34.4. The van der Waals surface area contributed by atoms with Crippen LogP contribution in [0, 0.1) is 22.7 Å². The molecule has 0 aromatic carbocycles. The van der Waals surface area contributed by atoms with Crippen LogP contribution in [0.4, 0.5) is 0 Å². The molecule has 0 saturated heterocycles. The van der Waals surface area contributed by atoms with E-state index in [-0.39, 0.29) is 11.5 Å². The molecular weight excluding hydrogens is 198 g/mol. The molecule has 0 heterocycles. The van der Waals surface area contributed by atoms with Gasteiger partial charge in [0.2, 0.25) is 0 Å². The van der Waals surface area contributed by atoms with Crippen molar-refractivity contribution in [3.05, 3.63) is 12.2 Å². The van der Waals surface area contributed by atoms with Gasteiger partial charge in [0.05, 0.1) is 12.2 Å². The molecule has 0 amide bonds. The van der Waals surface area contributed by atoms with Gasteiger partial charge in [-0.2, -0.15) is 5.26 Å². The van der Waals surface area contributed by atoms with Crippen LogP contribution in [-0.4, -0.2) is 11.2 Å². The number of hydrogen-bond acceptors (Lipinski definition) is 2. The molecule has 1 aliphatic carbocycles. The van der Waals surface area contributed by atoms with Crippen LogP contribution in [0.3, 0.4) is 0 Å². The minimum absolute atomic E-state index is 0.0167. The summed E-state index contributed by atoms with van der Waals surface area (Å²) in [6, 6.07) is 2.17. The van der Waals surface area contributed by atoms with Gasteiger partial charge in [-0.15, -0.1) is 0 Å². The molecule has 90 valence electrons. The summed E-state index contributed by atoms with van der Waals surface area (Å²) >= 11 is 0. The van der Waals surface area contributed by atoms with Crippen LogP contribution >= 0.6 is 0 Å². The Morgan fingerprint density at radius 1 is 1.62 bits per heavy atom. The van der Waals surface area contributed by atoms with E-state index in [1.54, 1.807) is 0 Å². The number of nitrogens with zero attached hydrogens (tertiary/aromatic N) is 1. The zero-order valence-corrected chi connectivity index (χ0v) is 10.5. The van der Waals surface area contributed by atoms with E-state index in [0.717, 1.165) is 32.1 Å². The molecule has 3 atom stereocenters. The molecule has 0 spiro atoms. The Labute approximate surface area is 99.0 Å². The molecule has 1 N–H and O–H groups in total. The molecule has 16 heavy (non-hydrogen) atoms. The van der Waals surface area contributed by atoms with E-state index in [1.165, 1.54) is 5.57 Å². The van der Waals surface area contributed by atoms with Gasteiger partial charge in [-0.3, -0.25) is 0 Å². The lowest BCUT2D eigenvalue weighted by Gasteiger charge is -2.42. The van der Waals surface area contributed by atoms with Crippen molar-refractivity contribution < 1.29 is 5.11 Å². The first-order valence-electron chi connectivity index (χ1n) is 6.20. The van der Waals surface area contributed by atoms with Gasteiger partial charge in [0, 0.05) is 6.42 Å². The van der Waals surface area contributed by atoms with Crippen molar-refractivity contribution in [1.82, 2.24) is 0 Å². The van der Waals surface area contributed by atoms with Crippen LogP contribution in [0.25, 0.3) is 0 Å². The van der Waals surface area contributed by atoms with E-state index >= 15 is 0 Å².